The highest BCUT2D eigenvalue weighted by Crippen LogP contribution is 2.24. The topological polar surface area (TPSA) is 16.1 Å². The molecule has 0 fully saturated rings. The molecule has 1 aromatic heterocycles. The van der Waals surface area contributed by atoms with Gasteiger partial charge in [-0.1, -0.05) is 15.9 Å². The maximum atomic E-state index is 13.9. The zero-order chi connectivity index (χ0) is 13.0. The van der Waals surface area contributed by atoms with Crippen LogP contribution in [0.2, 0.25) is 0 Å². The molecule has 0 aliphatic rings. The van der Waals surface area contributed by atoms with Crippen molar-refractivity contribution in [1.29, 1.82) is 0 Å². The molecule has 94 valence electrons. The third-order valence-electron chi connectivity index (χ3n) is 2.75. The summed E-state index contributed by atoms with van der Waals surface area (Å²) in [5, 5.41) is 0. The van der Waals surface area contributed by atoms with Crippen LogP contribution in [0.25, 0.3) is 0 Å². The standard InChI is InChI=1S/C14H14BrFN2/c1-2-18(10-11-5-7-17-8-6-11)14-4-3-12(15)9-13(14)16/h3-9H,2,10H2,1H3. The van der Waals surface area contributed by atoms with E-state index in [0.29, 0.717) is 12.2 Å². The molecular formula is C14H14BrFN2. The molecule has 0 amide bonds. The van der Waals surface area contributed by atoms with Crippen LogP contribution in [0.3, 0.4) is 0 Å². The molecule has 0 bridgehead atoms. The fourth-order valence-electron chi connectivity index (χ4n) is 1.81. The predicted molar refractivity (Wildman–Crippen MR) is 75.1 cm³/mol. The Morgan fingerprint density at radius 3 is 2.56 bits per heavy atom. The van der Waals surface area contributed by atoms with Crippen LogP contribution in [-0.2, 0) is 6.54 Å². The number of halogens is 2. The van der Waals surface area contributed by atoms with Gasteiger partial charge < -0.3 is 4.90 Å². The van der Waals surface area contributed by atoms with Crippen LogP contribution in [0.4, 0.5) is 10.1 Å². The molecule has 0 unspecified atom stereocenters. The Balaban J connectivity index is 2.23. The molecule has 0 saturated carbocycles. The van der Waals surface area contributed by atoms with E-state index in [-0.39, 0.29) is 5.82 Å². The number of nitrogens with zero attached hydrogens (tertiary/aromatic N) is 2. The maximum absolute atomic E-state index is 13.9. The van der Waals surface area contributed by atoms with E-state index in [1.807, 2.05) is 30.0 Å². The quantitative estimate of drug-likeness (QED) is 0.848. The SMILES string of the molecule is CCN(Cc1ccncc1)c1ccc(Br)cc1F. The van der Waals surface area contributed by atoms with Crippen LogP contribution in [0.5, 0.6) is 0 Å². The Morgan fingerprint density at radius 2 is 1.94 bits per heavy atom. The fraction of sp³-hybridized carbons (Fsp3) is 0.214. The Kier molecular flexibility index (Phi) is 4.31. The lowest BCUT2D eigenvalue weighted by Crippen LogP contribution is -2.23. The van der Waals surface area contributed by atoms with E-state index in [0.717, 1.165) is 16.6 Å². The van der Waals surface area contributed by atoms with Gasteiger partial charge in [0, 0.05) is 30.0 Å². The van der Waals surface area contributed by atoms with Crippen molar-refractivity contribution in [1.82, 2.24) is 4.98 Å². The van der Waals surface area contributed by atoms with E-state index >= 15 is 0 Å². The third-order valence-corrected chi connectivity index (χ3v) is 3.25. The summed E-state index contributed by atoms with van der Waals surface area (Å²) < 4.78 is 14.7. The lowest BCUT2D eigenvalue weighted by atomic mass is 10.2. The zero-order valence-electron chi connectivity index (χ0n) is 10.1. The maximum Gasteiger partial charge on any atom is 0.147 e. The first-order valence-electron chi connectivity index (χ1n) is 5.79. The second-order valence-corrected chi connectivity index (χ2v) is 4.88. The second kappa shape index (κ2) is 5.96. The molecule has 2 aromatic rings. The van der Waals surface area contributed by atoms with Crippen molar-refractivity contribution < 1.29 is 4.39 Å². The van der Waals surface area contributed by atoms with E-state index in [1.165, 1.54) is 6.07 Å². The predicted octanol–water partition coefficient (Wildman–Crippen LogP) is 4.01. The van der Waals surface area contributed by atoms with Gasteiger partial charge in [-0.15, -0.1) is 0 Å². The highest BCUT2D eigenvalue weighted by molar-refractivity contribution is 9.10. The summed E-state index contributed by atoms with van der Waals surface area (Å²) in [6, 6.07) is 9.03. The van der Waals surface area contributed by atoms with Crippen LogP contribution >= 0.6 is 15.9 Å². The second-order valence-electron chi connectivity index (χ2n) is 3.97. The normalized spacial score (nSPS) is 10.4. The van der Waals surface area contributed by atoms with Crippen LogP contribution < -0.4 is 4.90 Å². The summed E-state index contributed by atoms with van der Waals surface area (Å²) in [4.78, 5) is 5.98. The van der Waals surface area contributed by atoms with E-state index < -0.39 is 0 Å². The van der Waals surface area contributed by atoms with E-state index in [2.05, 4.69) is 20.9 Å². The molecule has 0 spiro atoms. The Bertz CT molecular complexity index is 516. The van der Waals surface area contributed by atoms with E-state index in [4.69, 9.17) is 0 Å². The smallest absolute Gasteiger partial charge is 0.147 e. The molecule has 0 saturated heterocycles. The summed E-state index contributed by atoms with van der Waals surface area (Å²) in [5.41, 5.74) is 1.74. The van der Waals surface area contributed by atoms with Crippen molar-refractivity contribution in [2.24, 2.45) is 0 Å². The van der Waals surface area contributed by atoms with Crippen LogP contribution in [0.15, 0.2) is 47.2 Å². The largest absolute Gasteiger partial charge is 0.365 e. The van der Waals surface area contributed by atoms with Gasteiger partial charge in [-0.05, 0) is 42.8 Å². The lowest BCUT2D eigenvalue weighted by Gasteiger charge is -2.23. The molecule has 0 radical (unpaired) electrons. The van der Waals surface area contributed by atoms with Crippen molar-refractivity contribution in [3.8, 4) is 0 Å². The average Bonchev–Trinajstić information content (AvgIpc) is 2.38. The molecule has 18 heavy (non-hydrogen) atoms. The molecule has 1 aromatic carbocycles. The molecule has 1 heterocycles. The van der Waals surface area contributed by atoms with Crippen molar-refractivity contribution >= 4 is 21.6 Å². The van der Waals surface area contributed by atoms with Crippen LogP contribution in [0.1, 0.15) is 12.5 Å². The number of rotatable bonds is 4. The molecule has 2 rings (SSSR count). The summed E-state index contributed by atoms with van der Waals surface area (Å²) in [5.74, 6) is -0.208. The van der Waals surface area contributed by atoms with Crippen LogP contribution in [0, 0.1) is 5.82 Å². The average molecular weight is 309 g/mol. The van der Waals surface area contributed by atoms with Crippen molar-refractivity contribution in [2.75, 3.05) is 11.4 Å². The Morgan fingerprint density at radius 1 is 1.22 bits per heavy atom. The van der Waals surface area contributed by atoms with Gasteiger partial charge in [0.25, 0.3) is 0 Å². The van der Waals surface area contributed by atoms with Crippen LogP contribution in [-0.4, -0.2) is 11.5 Å². The van der Waals surface area contributed by atoms with Gasteiger partial charge in [0.1, 0.15) is 5.82 Å². The minimum Gasteiger partial charge on any atom is -0.365 e. The van der Waals surface area contributed by atoms with Gasteiger partial charge in [-0.25, -0.2) is 4.39 Å². The van der Waals surface area contributed by atoms with E-state index in [1.54, 1.807) is 18.5 Å². The number of anilines is 1. The van der Waals surface area contributed by atoms with Gasteiger partial charge >= 0.3 is 0 Å². The van der Waals surface area contributed by atoms with Gasteiger partial charge in [-0.3, -0.25) is 4.98 Å². The molecule has 0 N–H and O–H groups in total. The van der Waals surface area contributed by atoms with Gasteiger partial charge in [0.05, 0.1) is 5.69 Å². The van der Waals surface area contributed by atoms with Gasteiger partial charge in [0.15, 0.2) is 0 Å². The number of pyridine rings is 1. The Hall–Kier alpha value is -1.42. The highest BCUT2D eigenvalue weighted by atomic mass is 79.9. The minimum atomic E-state index is -0.208. The first kappa shape index (κ1) is 13.0. The summed E-state index contributed by atoms with van der Waals surface area (Å²) in [7, 11) is 0. The highest BCUT2D eigenvalue weighted by Gasteiger charge is 2.10. The molecule has 2 nitrogen and oxygen atoms in total. The summed E-state index contributed by atoms with van der Waals surface area (Å²) in [6.07, 6.45) is 3.50. The number of benzene rings is 1. The zero-order valence-corrected chi connectivity index (χ0v) is 11.7. The van der Waals surface area contributed by atoms with E-state index in [9.17, 15) is 4.39 Å². The molecule has 0 aliphatic carbocycles. The molecule has 4 heteroatoms. The third kappa shape index (κ3) is 3.07. The van der Waals surface area contributed by atoms with Crippen molar-refractivity contribution in [3.05, 3.63) is 58.6 Å². The monoisotopic (exact) mass is 308 g/mol. The first-order valence-corrected chi connectivity index (χ1v) is 6.59. The summed E-state index contributed by atoms with van der Waals surface area (Å²) >= 11 is 3.27. The summed E-state index contributed by atoms with van der Waals surface area (Å²) in [6.45, 7) is 3.45. The Labute approximate surface area is 115 Å². The van der Waals surface area contributed by atoms with Crippen molar-refractivity contribution in [3.63, 3.8) is 0 Å². The number of aromatic nitrogens is 1. The molecule has 0 atom stereocenters. The van der Waals surface area contributed by atoms with Crippen molar-refractivity contribution in [2.45, 2.75) is 13.5 Å². The molecule has 0 aliphatic heterocycles. The number of hydrogen-bond donors (Lipinski definition) is 0. The first-order chi connectivity index (χ1) is 8.70. The fourth-order valence-corrected chi connectivity index (χ4v) is 2.15. The minimum absolute atomic E-state index is 0.208. The number of hydrogen-bond acceptors (Lipinski definition) is 2. The van der Waals surface area contributed by atoms with Gasteiger partial charge in [0.2, 0.25) is 0 Å². The lowest BCUT2D eigenvalue weighted by molar-refractivity contribution is 0.617. The van der Waals surface area contributed by atoms with Gasteiger partial charge in [-0.2, -0.15) is 0 Å². The molecular weight excluding hydrogens is 295 g/mol.